The van der Waals surface area contributed by atoms with Gasteiger partial charge in [0, 0.05) is 86.4 Å². The number of aliphatic hydroxyl groups is 2. The van der Waals surface area contributed by atoms with Crippen molar-refractivity contribution in [2.75, 3.05) is 77.4 Å². The minimum absolute atomic E-state index is 0.0577. The van der Waals surface area contributed by atoms with Crippen LogP contribution in [-0.4, -0.2) is 150 Å². The molecule has 8 aliphatic rings. The number of sulfonamides is 2. The normalized spacial score (nSPS) is 32.5. The minimum Gasteiger partial charge on any atom is -0.490 e. The number of fused-ring (bicyclic) bond motifs is 8. The van der Waals surface area contributed by atoms with Gasteiger partial charge in [-0.05, 0) is 209 Å². The number of aryl methyl sites for hydroxylation is 2. The molecule has 4 aromatic carbocycles. The quantitative estimate of drug-likeness (QED) is 0.139. The molecule has 508 valence electrons. The van der Waals surface area contributed by atoms with Crippen LogP contribution in [0.2, 0.25) is 10.0 Å². The van der Waals surface area contributed by atoms with Gasteiger partial charge in [-0.1, -0.05) is 73.5 Å². The summed E-state index contributed by atoms with van der Waals surface area (Å²) in [6.45, 7) is 10.1. The second-order valence-corrected chi connectivity index (χ2v) is 33.9. The maximum absolute atomic E-state index is 13.5. The minimum atomic E-state index is -4.02. The molecule has 12 atom stereocenters. The van der Waals surface area contributed by atoms with Gasteiger partial charge < -0.3 is 39.3 Å². The zero-order valence-electron chi connectivity index (χ0n) is 55.3. The molecule has 4 aromatic rings. The van der Waals surface area contributed by atoms with Crippen LogP contribution >= 0.6 is 23.2 Å². The summed E-state index contributed by atoms with van der Waals surface area (Å²) < 4.78 is 71.2. The third-order valence-corrected chi connectivity index (χ3v) is 26.7. The number of carbonyl (C=O) groups excluding carboxylic acids is 4. The van der Waals surface area contributed by atoms with Crippen molar-refractivity contribution in [1.29, 1.82) is 0 Å². The predicted octanol–water partition coefficient (Wildman–Crippen LogP) is 10.2. The van der Waals surface area contributed by atoms with Crippen molar-refractivity contribution in [3.8, 4) is 11.5 Å². The number of carbonyl (C=O) groups is 4. The average Bonchev–Trinajstić information content (AvgIpc) is 1.41. The van der Waals surface area contributed by atoms with Gasteiger partial charge in [-0.3, -0.25) is 19.2 Å². The van der Waals surface area contributed by atoms with Crippen molar-refractivity contribution in [1.82, 2.24) is 19.2 Å². The second-order valence-electron chi connectivity index (χ2n) is 29.0. The first kappa shape index (κ1) is 69.2. The van der Waals surface area contributed by atoms with Crippen LogP contribution in [0.25, 0.3) is 0 Å². The highest BCUT2D eigenvalue weighted by Gasteiger charge is 2.52. The molecule has 2 saturated carbocycles. The molecule has 12 rings (SSSR count). The van der Waals surface area contributed by atoms with Crippen molar-refractivity contribution in [3.05, 3.63) is 141 Å². The highest BCUT2D eigenvalue weighted by molar-refractivity contribution is 7.91. The molecule has 2 fully saturated rings. The highest BCUT2D eigenvalue weighted by Crippen LogP contribution is 2.52. The van der Waals surface area contributed by atoms with Crippen LogP contribution in [0, 0.1) is 35.5 Å². The van der Waals surface area contributed by atoms with Gasteiger partial charge in [0.25, 0.3) is 11.8 Å². The third kappa shape index (κ3) is 14.0. The molecule has 2 spiro atoms. The van der Waals surface area contributed by atoms with Crippen LogP contribution in [-0.2, 0) is 53.3 Å². The van der Waals surface area contributed by atoms with E-state index in [4.69, 9.17) is 32.7 Å². The fourth-order valence-corrected chi connectivity index (χ4v) is 18.9. The van der Waals surface area contributed by atoms with E-state index >= 15 is 0 Å². The fraction of sp³-hybridized carbons (Fsp3) is 0.556. The summed E-state index contributed by atoms with van der Waals surface area (Å²) >= 11 is 12.8. The Kier molecular flexibility index (Phi) is 19.9. The van der Waals surface area contributed by atoms with Crippen LogP contribution in [0.15, 0.2) is 97.1 Å². The Balaban J connectivity index is 0.000000192. The fourth-order valence-electron chi connectivity index (χ4n) is 15.9. The molecule has 0 radical (unpaired) electrons. The summed E-state index contributed by atoms with van der Waals surface area (Å²) in [5.74, 6) is -1.37. The van der Waals surface area contributed by atoms with E-state index in [1.54, 1.807) is 90.6 Å². The molecule has 22 heteroatoms. The Hall–Kier alpha value is -6.16. The lowest BCUT2D eigenvalue weighted by molar-refractivity contribution is -0.138. The molecule has 0 unspecified atom stereocenters. The number of benzene rings is 4. The lowest BCUT2D eigenvalue weighted by Gasteiger charge is -2.49. The van der Waals surface area contributed by atoms with Gasteiger partial charge >= 0.3 is 0 Å². The molecular weight excluding hydrogens is 1280 g/mol. The second kappa shape index (κ2) is 27.0. The number of anilines is 2. The van der Waals surface area contributed by atoms with Crippen LogP contribution in [0.3, 0.4) is 0 Å². The number of hydrogen-bond acceptors (Lipinski definition) is 14. The first-order chi connectivity index (χ1) is 44.4. The Bertz CT molecular complexity index is 3640. The van der Waals surface area contributed by atoms with E-state index in [9.17, 15) is 46.2 Å². The molecule has 0 saturated heterocycles. The molecule has 4 N–H and O–H groups in total. The van der Waals surface area contributed by atoms with E-state index in [0.717, 1.165) is 75.6 Å². The van der Waals surface area contributed by atoms with Crippen LogP contribution in [0.4, 0.5) is 11.4 Å². The van der Waals surface area contributed by atoms with Crippen LogP contribution in [0.1, 0.15) is 148 Å². The largest absolute Gasteiger partial charge is 0.490 e. The Morgan fingerprint density at radius 2 is 0.979 bits per heavy atom. The van der Waals surface area contributed by atoms with E-state index in [2.05, 4.69) is 31.4 Å². The third-order valence-electron chi connectivity index (χ3n) is 22.4. The van der Waals surface area contributed by atoms with Gasteiger partial charge in [-0.25, -0.2) is 26.3 Å². The number of rotatable bonds is 4. The highest BCUT2D eigenvalue weighted by atomic mass is 35.5. The van der Waals surface area contributed by atoms with Crippen molar-refractivity contribution >= 4 is 78.3 Å². The number of allylic oxidation sites excluding steroid dienone is 2. The number of halogens is 2. The molecule has 4 bridgehead atoms. The first-order valence-corrected chi connectivity index (χ1v) is 37.2. The van der Waals surface area contributed by atoms with Crippen molar-refractivity contribution in [3.63, 3.8) is 0 Å². The van der Waals surface area contributed by atoms with E-state index in [-0.39, 0.29) is 82.1 Å². The van der Waals surface area contributed by atoms with Gasteiger partial charge in [-0.2, -0.15) is 0 Å². The van der Waals surface area contributed by atoms with Gasteiger partial charge in [0.2, 0.25) is 31.9 Å². The van der Waals surface area contributed by atoms with Crippen molar-refractivity contribution in [2.24, 2.45) is 35.5 Å². The van der Waals surface area contributed by atoms with E-state index in [1.807, 2.05) is 50.3 Å². The number of ether oxygens (including phenoxy) is 2. The van der Waals surface area contributed by atoms with Crippen molar-refractivity contribution < 1.29 is 55.7 Å². The molecule has 4 aliphatic carbocycles. The number of nitrogens with one attached hydrogen (secondary N) is 2. The molecule has 4 heterocycles. The summed E-state index contributed by atoms with van der Waals surface area (Å²) in [7, 11) is -1.29. The summed E-state index contributed by atoms with van der Waals surface area (Å²) in [6, 6.07) is 22.4. The molecule has 4 aliphatic heterocycles. The Morgan fingerprint density at radius 3 is 1.34 bits per heavy atom. The number of hydrogen-bond donors (Lipinski definition) is 4. The van der Waals surface area contributed by atoms with Crippen LogP contribution in [0.5, 0.6) is 11.5 Å². The topological polar surface area (TPSA) is 232 Å². The average molecular weight is 1370 g/mol. The predicted molar refractivity (Wildman–Crippen MR) is 367 cm³/mol. The standard InChI is InChI=1S/2C36H46ClN3O6S/c2*1-23-7-5-16-36(43,19-33(41)39(3)4)30-12-9-27(30)20-40-21-35(15-6-8-25-17-28(37)11-13-29(25)35)22-46-32-14-10-26(18-31(32)40)34(42)38-47(44,45)24(23)2/h2*5,10-11,13-14,16-18,23-24,27,30,43H,6-9,12,15,19-22H2,1-4H3,(H,38,42)/b2*16-5+/t23-,24+,27-,30+,35-,36+;23-,24+,27-,30+,35-,36-/m00/s1. The van der Waals surface area contributed by atoms with Gasteiger partial charge in [0.1, 0.15) is 11.5 Å². The monoisotopic (exact) mass is 1370 g/mol. The molecule has 0 aromatic heterocycles. The Labute approximate surface area is 564 Å². The maximum Gasteiger partial charge on any atom is 0.264 e. The van der Waals surface area contributed by atoms with Gasteiger partial charge in [-0.15, -0.1) is 0 Å². The van der Waals surface area contributed by atoms with E-state index < -0.39 is 53.6 Å². The molecule has 94 heavy (non-hydrogen) atoms. The maximum atomic E-state index is 13.5. The lowest BCUT2D eigenvalue weighted by Crippen LogP contribution is -2.53. The molecular formula is C72H92Cl2N6O12S2. The summed E-state index contributed by atoms with van der Waals surface area (Å²) in [5.41, 5.74) is 3.28. The zero-order chi connectivity index (χ0) is 67.5. The van der Waals surface area contributed by atoms with Crippen molar-refractivity contribution in [2.45, 2.75) is 150 Å². The summed E-state index contributed by atoms with van der Waals surface area (Å²) in [5, 5.41) is 24.1. The molecule has 4 amide bonds. The number of nitrogens with zero attached hydrogens (tertiary/aromatic N) is 4. The summed E-state index contributed by atoms with van der Waals surface area (Å²) in [6.07, 6.45) is 16.6. The van der Waals surface area contributed by atoms with Gasteiger partial charge in [0.15, 0.2) is 0 Å². The SMILES string of the molecule is C[C@@H]1[C@@H](C)C/C=C/[C@@](O)(CC(=O)N(C)C)[C@@H]2CC[C@H]2CN2C[C@@]3(CCCc4cc(Cl)ccc43)COc3ccc(cc32)C(=O)NS1(=O)=O.C[C@@H]1[C@@H](C)C/C=C/[C@](O)(CC(=O)N(C)C)[C@@H]2CC[C@H]2CN2C[C@@]3(CCCc4cc(Cl)ccc43)COc3ccc(cc32)C(=O)NS1(=O)=O. The first-order valence-electron chi connectivity index (χ1n) is 33.4. The zero-order valence-corrected chi connectivity index (χ0v) is 58.5. The lowest BCUT2D eigenvalue weighted by atomic mass is 9.63. The van der Waals surface area contributed by atoms with Crippen LogP contribution < -0.4 is 28.7 Å². The number of amides is 4. The smallest absolute Gasteiger partial charge is 0.264 e. The Morgan fingerprint density at radius 1 is 0.585 bits per heavy atom. The van der Waals surface area contributed by atoms with Gasteiger partial charge in [0.05, 0.1) is 59.1 Å². The van der Waals surface area contributed by atoms with E-state index in [0.29, 0.717) is 73.8 Å². The van der Waals surface area contributed by atoms with E-state index in [1.165, 1.54) is 32.1 Å². The molecule has 18 nitrogen and oxygen atoms in total. The summed E-state index contributed by atoms with van der Waals surface area (Å²) in [4.78, 5) is 60.5.